The highest BCUT2D eigenvalue weighted by Gasteiger charge is 2.14. The lowest BCUT2D eigenvalue weighted by atomic mass is 10.0. The summed E-state index contributed by atoms with van der Waals surface area (Å²) in [5, 5.41) is 2.85. The number of hydrogen-bond donors (Lipinski definition) is 2. The van der Waals surface area contributed by atoms with Crippen LogP contribution in [0, 0.1) is 0 Å². The monoisotopic (exact) mass is 256 g/mol. The highest BCUT2D eigenvalue weighted by atomic mass is 16.1. The van der Waals surface area contributed by atoms with Crippen molar-refractivity contribution < 1.29 is 4.79 Å². The fourth-order valence-electron chi connectivity index (χ4n) is 2.36. The number of rotatable bonds is 3. The summed E-state index contributed by atoms with van der Waals surface area (Å²) in [5.41, 5.74) is 2.97. The Morgan fingerprint density at radius 2 is 2.26 bits per heavy atom. The van der Waals surface area contributed by atoms with E-state index in [2.05, 4.69) is 20.3 Å². The van der Waals surface area contributed by atoms with Gasteiger partial charge in [-0.25, -0.2) is 4.98 Å². The molecule has 0 unspecified atom stereocenters. The van der Waals surface area contributed by atoms with Gasteiger partial charge in [-0.2, -0.15) is 0 Å². The molecule has 3 rings (SSSR count). The number of nitrogens with one attached hydrogen (secondary N) is 2. The molecule has 98 valence electrons. The third-order valence-corrected chi connectivity index (χ3v) is 3.34. The summed E-state index contributed by atoms with van der Waals surface area (Å²) in [6.07, 6.45) is 7.75. The van der Waals surface area contributed by atoms with E-state index in [0.717, 1.165) is 24.4 Å². The Kier molecular flexibility index (Phi) is 3.27. The van der Waals surface area contributed by atoms with Crippen LogP contribution >= 0.6 is 0 Å². The smallest absolute Gasteiger partial charge is 0.253 e. The number of aryl methyl sites for hydroxylation is 2. The molecule has 2 N–H and O–H groups in total. The highest BCUT2D eigenvalue weighted by Crippen LogP contribution is 2.18. The lowest BCUT2D eigenvalue weighted by Gasteiger charge is -2.07. The molecule has 0 saturated carbocycles. The topological polar surface area (TPSA) is 70.7 Å². The molecule has 2 aromatic heterocycles. The molecule has 2 heterocycles. The molecule has 0 saturated heterocycles. The predicted octanol–water partition coefficient (Wildman–Crippen LogP) is 1.61. The van der Waals surface area contributed by atoms with Crippen molar-refractivity contribution in [3.63, 3.8) is 0 Å². The molecule has 5 heteroatoms. The van der Waals surface area contributed by atoms with Gasteiger partial charge < -0.3 is 10.3 Å². The average Bonchev–Trinajstić information content (AvgIpc) is 2.88. The summed E-state index contributed by atoms with van der Waals surface area (Å²) >= 11 is 0. The van der Waals surface area contributed by atoms with E-state index >= 15 is 0 Å². The second-order valence-electron chi connectivity index (χ2n) is 4.74. The van der Waals surface area contributed by atoms with E-state index in [4.69, 9.17) is 0 Å². The van der Waals surface area contributed by atoms with Crippen LogP contribution in [0.2, 0.25) is 0 Å². The summed E-state index contributed by atoms with van der Waals surface area (Å²) in [5.74, 6) is 0.714. The van der Waals surface area contributed by atoms with E-state index in [1.165, 1.54) is 18.5 Å². The minimum absolute atomic E-state index is 0.123. The van der Waals surface area contributed by atoms with Gasteiger partial charge in [-0.3, -0.25) is 9.78 Å². The molecule has 1 aliphatic rings. The van der Waals surface area contributed by atoms with Gasteiger partial charge in [-0.15, -0.1) is 0 Å². The lowest BCUT2D eigenvalue weighted by Crippen LogP contribution is -2.23. The second-order valence-corrected chi connectivity index (χ2v) is 4.74. The van der Waals surface area contributed by atoms with Crippen LogP contribution in [0.3, 0.4) is 0 Å². The van der Waals surface area contributed by atoms with Gasteiger partial charge in [-0.1, -0.05) is 0 Å². The van der Waals surface area contributed by atoms with Crippen molar-refractivity contribution in [1.29, 1.82) is 0 Å². The van der Waals surface area contributed by atoms with Crippen molar-refractivity contribution in [2.45, 2.75) is 32.2 Å². The van der Waals surface area contributed by atoms with Crippen molar-refractivity contribution in [3.05, 3.63) is 47.3 Å². The zero-order chi connectivity index (χ0) is 13.1. The molecule has 0 atom stereocenters. The predicted molar refractivity (Wildman–Crippen MR) is 70.6 cm³/mol. The first-order valence-corrected chi connectivity index (χ1v) is 6.58. The molecular weight excluding hydrogens is 240 g/mol. The highest BCUT2D eigenvalue weighted by molar-refractivity contribution is 5.93. The third-order valence-electron chi connectivity index (χ3n) is 3.34. The van der Waals surface area contributed by atoms with Crippen LogP contribution < -0.4 is 5.32 Å². The van der Waals surface area contributed by atoms with Gasteiger partial charge >= 0.3 is 0 Å². The molecule has 19 heavy (non-hydrogen) atoms. The van der Waals surface area contributed by atoms with E-state index in [1.54, 1.807) is 24.5 Å². The van der Waals surface area contributed by atoms with E-state index in [9.17, 15) is 4.79 Å². The Bertz CT molecular complexity index is 553. The molecule has 5 nitrogen and oxygen atoms in total. The number of amides is 1. The van der Waals surface area contributed by atoms with Gasteiger partial charge in [0.1, 0.15) is 5.82 Å². The number of fused-ring (bicyclic) bond motifs is 1. The van der Waals surface area contributed by atoms with E-state index in [-0.39, 0.29) is 5.91 Å². The van der Waals surface area contributed by atoms with Gasteiger partial charge in [0, 0.05) is 18.1 Å². The Labute approximate surface area is 111 Å². The molecule has 1 aliphatic carbocycles. The van der Waals surface area contributed by atoms with Crippen molar-refractivity contribution in [3.8, 4) is 0 Å². The summed E-state index contributed by atoms with van der Waals surface area (Å²) < 4.78 is 0. The molecule has 1 amide bonds. The number of carbonyl (C=O) groups excluding carboxylic acids is 1. The largest absolute Gasteiger partial charge is 0.345 e. The van der Waals surface area contributed by atoms with E-state index in [1.807, 2.05) is 0 Å². The summed E-state index contributed by atoms with van der Waals surface area (Å²) in [6.45, 7) is 0.431. The first-order valence-electron chi connectivity index (χ1n) is 6.58. The molecule has 2 aromatic rings. The average molecular weight is 256 g/mol. The van der Waals surface area contributed by atoms with Crippen molar-refractivity contribution in [2.24, 2.45) is 0 Å². The van der Waals surface area contributed by atoms with Gasteiger partial charge in [-0.05, 0) is 37.8 Å². The van der Waals surface area contributed by atoms with Crippen LogP contribution in [-0.2, 0) is 19.4 Å². The zero-order valence-corrected chi connectivity index (χ0v) is 10.6. The number of aromatic amines is 1. The summed E-state index contributed by atoms with van der Waals surface area (Å²) in [6, 6.07) is 3.50. The Balaban J connectivity index is 1.63. The fraction of sp³-hybridized carbons (Fsp3) is 0.357. The molecule has 0 spiro atoms. The zero-order valence-electron chi connectivity index (χ0n) is 10.6. The minimum atomic E-state index is -0.123. The van der Waals surface area contributed by atoms with Gasteiger partial charge in [0.05, 0.1) is 17.8 Å². The minimum Gasteiger partial charge on any atom is -0.345 e. The Morgan fingerprint density at radius 3 is 3.05 bits per heavy atom. The molecule has 0 bridgehead atoms. The van der Waals surface area contributed by atoms with Crippen LogP contribution in [-0.4, -0.2) is 20.9 Å². The van der Waals surface area contributed by atoms with Crippen LogP contribution in [0.15, 0.2) is 24.5 Å². The molecule has 0 aliphatic heterocycles. The maximum atomic E-state index is 11.9. The molecular formula is C14H16N4O. The number of carbonyl (C=O) groups is 1. The molecule has 0 fully saturated rings. The van der Waals surface area contributed by atoms with Gasteiger partial charge in [0.25, 0.3) is 5.91 Å². The molecule has 0 radical (unpaired) electrons. The number of imidazole rings is 1. The maximum Gasteiger partial charge on any atom is 0.253 e. The van der Waals surface area contributed by atoms with Crippen molar-refractivity contribution in [1.82, 2.24) is 20.3 Å². The fourth-order valence-corrected chi connectivity index (χ4v) is 2.36. The normalized spacial score (nSPS) is 13.9. The van der Waals surface area contributed by atoms with Gasteiger partial charge in [0.2, 0.25) is 0 Å². The maximum absolute atomic E-state index is 11.9. The quantitative estimate of drug-likeness (QED) is 0.876. The summed E-state index contributed by atoms with van der Waals surface area (Å²) in [7, 11) is 0. The van der Waals surface area contributed by atoms with Crippen LogP contribution in [0.4, 0.5) is 0 Å². The second kappa shape index (κ2) is 5.22. The Hall–Kier alpha value is -2.17. The first kappa shape index (κ1) is 11.9. The number of hydrogen-bond acceptors (Lipinski definition) is 3. The van der Waals surface area contributed by atoms with E-state index < -0.39 is 0 Å². The van der Waals surface area contributed by atoms with Crippen LogP contribution in [0.5, 0.6) is 0 Å². The number of aromatic nitrogens is 3. The van der Waals surface area contributed by atoms with Crippen LogP contribution in [0.1, 0.15) is 40.4 Å². The third kappa shape index (κ3) is 2.65. The number of nitrogens with zero attached hydrogens (tertiary/aromatic N) is 2. The standard InChI is InChI=1S/C14H16N4O/c19-14(10-4-3-7-15-8-10)16-9-13-17-11-5-1-2-6-12(11)18-13/h3-4,7-8H,1-2,5-6,9H2,(H,16,19)(H,17,18). The first-order chi connectivity index (χ1) is 9.33. The van der Waals surface area contributed by atoms with E-state index in [0.29, 0.717) is 12.1 Å². The lowest BCUT2D eigenvalue weighted by molar-refractivity contribution is 0.0949. The molecule has 0 aromatic carbocycles. The van der Waals surface area contributed by atoms with Gasteiger partial charge in [0.15, 0.2) is 0 Å². The van der Waals surface area contributed by atoms with Crippen LogP contribution in [0.25, 0.3) is 0 Å². The summed E-state index contributed by atoms with van der Waals surface area (Å²) in [4.78, 5) is 23.6. The Morgan fingerprint density at radius 1 is 1.37 bits per heavy atom. The van der Waals surface area contributed by atoms with Crippen molar-refractivity contribution >= 4 is 5.91 Å². The number of pyridine rings is 1. The van der Waals surface area contributed by atoms with Crippen molar-refractivity contribution in [2.75, 3.05) is 0 Å². The SMILES string of the molecule is O=C(NCc1nc2c([nH]1)CCCC2)c1cccnc1. The number of H-pyrrole nitrogens is 1.